The van der Waals surface area contributed by atoms with Crippen LogP contribution >= 0.6 is 0 Å². The lowest BCUT2D eigenvalue weighted by molar-refractivity contribution is -0.121. The molecule has 2 amide bonds. The summed E-state index contributed by atoms with van der Waals surface area (Å²) in [4.78, 5) is 32.8. The Morgan fingerprint density at radius 3 is 2.83 bits per heavy atom. The highest BCUT2D eigenvalue weighted by atomic mass is 16.2. The molecule has 2 aromatic heterocycles. The summed E-state index contributed by atoms with van der Waals surface area (Å²) < 4.78 is 1.71. The summed E-state index contributed by atoms with van der Waals surface area (Å²) in [5.41, 5.74) is 3.21. The standard InChI is InChI=1S/C22H21N5O2/c1-14-7-9-23-12-16(14)20(28)27-10-8-22(19(27)15-11-24-26(2)13-15)17-5-3-4-6-18(17)25-21(22)29/h3-7,9,11-13,19H,8,10H2,1-2H3,(H,25,29)/t19-,22+/m0/s1. The zero-order valence-corrected chi connectivity index (χ0v) is 16.3. The van der Waals surface area contributed by atoms with Crippen LogP contribution in [-0.2, 0) is 17.3 Å². The Hall–Kier alpha value is -3.48. The lowest BCUT2D eigenvalue weighted by Crippen LogP contribution is -2.42. The topological polar surface area (TPSA) is 80.1 Å². The maximum atomic E-state index is 13.5. The number of carbonyl (C=O) groups excluding carboxylic acids is 2. The maximum Gasteiger partial charge on any atom is 0.256 e. The number of hydrogen-bond acceptors (Lipinski definition) is 4. The number of para-hydroxylation sites is 1. The second-order valence-electron chi connectivity index (χ2n) is 7.76. The van der Waals surface area contributed by atoms with E-state index in [-0.39, 0.29) is 11.8 Å². The van der Waals surface area contributed by atoms with Crippen LogP contribution in [0.25, 0.3) is 0 Å². The Kier molecular flexibility index (Phi) is 3.81. The Bertz CT molecular complexity index is 1140. The summed E-state index contributed by atoms with van der Waals surface area (Å²) in [5.74, 6) is -0.177. The fourth-order valence-electron chi connectivity index (χ4n) is 4.79. The fourth-order valence-corrected chi connectivity index (χ4v) is 4.79. The van der Waals surface area contributed by atoms with Crippen molar-refractivity contribution in [2.24, 2.45) is 7.05 Å². The molecule has 1 spiro atoms. The van der Waals surface area contributed by atoms with Gasteiger partial charge in [0.05, 0.1) is 17.8 Å². The molecule has 1 saturated heterocycles. The summed E-state index contributed by atoms with van der Waals surface area (Å²) in [5, 5.41) is 7.35. The monoisotopic (exact) mass is 387 g/mol. The van der Waals surface area contributed by atoms with Gasteiger partial charge in [0.1, 0.15) is 5.41 Å². The molecule has 2 aliphatic heterocycles. The van der Waals surface area contributed by atoms with E-state index in [1.54, 1.807) is 23.3 Å². The number of pyridine rings is 1. The molecule has 2 aliphatic rings. The molecule has 1 aromatic carbocycles. The van der Waals surface area contributed by atoms with Gasteiger partial charge in [-0.05, 0) is 36.6 Å². The first-order valence-electron chi connectivity index (χ1n) is 9.63. The van der Waals surface area contributed by atoms with Crippen molar-refractivity contribution in [3.8, 4) is 0 Å². The summed E-state index contributed by atoms with van der Waals surface area (Å²) in [7, 11) is 1.84. The Morgan fingerprint density at radius 2 is 2.07 bits per heavy atom. The predicted octanol–water partition coefficient (Wildman–Crippen LogP) is 2.60. The lowest BCUT2D eigenvalue weighted by Gasteiger charge is -2.33. The van der Waals surface area contributed by atoms with E-state index in [1.165, 1.54) is 0 Å². The Labute approximate surface area is 168 Å². The average Bonchev–Trinajstić information content (AvgIpc) is 3.39. The second kappa shape index (κ2) is 6.27. The molecular formula is C22H21N5O2. The number of benzene rings is 1. The van der Waals surface area contributed by atoms with E-state index in [0.29, 0.717) is 18.5 Å². The third-order valence-electron chi connectivity index (χ3n) is 6.16. The van der Waals surface area contributed by atoms with Crippen LogP contribution in [0.4, 0.5) is 5.69 Å². The number of carbonyl (C=O) groups is 2. The zero-order valence-electron chi connectivity index (χ0n) is 16.3. The van der Waals surface area contributed by atoms with Crippen LogP contribution in [0.2, 0.25) is 0 Å². The molecule has 4 heterocycles. The van der Waals surface area contributed by atoms with Crippen LogP contribution in [0.15, 0.2) is 55.1 Å². The summed E-state index contributed by atoms with van der Waals surface area (Å²) >= 11 is 0. The first kappa shape index (κ1) is 17.6. The minimum atomic E-state index is -0.828. The van der Waals surface area contributed by atoms with Crippen LogP contribution < -0.4 is 5.32 Å². The lowest BCUT2D eigenvalue weighted by atomic mass is 9.73. The molecule has 5 rings (SSSR count). The number of likely N-dealkylation sites (tertiary alicyclic amines) is 1. The number of amides is 2. The molecule has 146 valence electrons. The van der Waals surface area contributed by atoms with Crippen LogP contribution in [0.3, 0.4) is 0 Å². The highest BCUT2D eigenvalue weighted by molar-refractivity contribution is 6.08. The highest BCUT2D eigenvalue weighted by Gasteiger charge is 2.59. The van der Waals surface area contributed by atoms with Crippen molar-refractivity contribution in [3.63, 3.8) is 0 Å². The third-order valence-corrected chi connectivity index (χ3v) is 6.16. The van der Waals surface area contributed by atoms with Gasteiger partial charge < -0.3 is 10.2 Å². The molecule has 0 saturated carbocycles. The van der Waals surface area contributed by atoms with E-state index >= 15 is 0 Å². The normalized spacial score (nSPS) is 22.8. The van der Waals surface area contributed by atoms with Crippen LogP contribution in [0, 0.1) is 6.92 Å². The van der Waals surface area contributed by atoms with Gasteiger partial charge in [-0.1, -0.05) is 18.2 Å². The predicted molar refractivity (Wildman–Crippen MR) is 107 cm³/mol. The van der Waals surface area contributed by atoms with Crippen LogP contribution in [0.1, 0.15) is 39.5 Å². The van der Waals surface area contributed by atoms with Gasteiger partial charge in [-0.25, -0.2) is 0 Å². The number of hydrogen-bond donors (Lipinski definition) is 1. The summed E-state index contributed by atoms with van der Waals surface area (Å²) in [6.07, 6.45) is 7.48. The Balaban J connectivity index is 1.68. The van der Waals surface area contributed by atoms with Crippen molar-refractivity contribution in [2.45, 2.75) is 24.8 Å². The van der Waals surface area contributed by atoms with Crippen LogP contribution in [0.5, 0.6) is 0 Å². The van der Waals surface area contributed by atoms with Gasteiger partial charge >= 0.3 is 0 Å². The Morgan fingerprint density at radius 1 is 1.24 bits per heavy atom. The second-order valence-corrected chi connectivity index (χ2v) is 7.76. The van der Waals surface area contributed by atoms with Gasteiger partial charge in [0.2, 0.25) is 5.91 Å². The number of rotatable bonds is 2. The molecule has 1 N–H and O–H groups in total. The van der Waals surface area contributed by atoms with Gasteiger partial charge in [-0.3, -0.25) is 19.3 Å². The smallest absolute Gasteiger partial charge is 0.256 e. The minimum Gasteiger partial charge on any atom is -0.330 e. The van der Waals surface area contributed by atoms with Crippen molar-refractivity contribution in [1.29, 1.82) is 0 Å². The van der Waals surface area contributed by atoms with E-state index in [1.807, 2.05) is 55.4 Å². The molecule has 29 heavy (non-hydrogen) atoms. The van der Waals surface area contributed by atoms with Crippen molar-refractivity contribution >= 4 is 17.5 Å². The van der Waals surface area contributed by atoms with Crippen molar-refractivity contribution in [1.82, 2.24) is 19.7 Å². The molecular weight excluding hydrogens is 366 g/mol. The summed E-state index contributed by atoms with van der Waals surface area (Å²) in [6, 6.07) is 9.14. The average molecular weight is 387 g/mol. The van der Waals surface area contributed by atoms with Crippen LogP contribution in [-0.4, -0.2) is 38.0 Å². The fraction of sp³-hybridized carbons (Fsp3) is 0.273. The first-order valence-corrected chi connectivity index (χ1v) is 9.63. The molecule has 3 aromatic rings. The van der Waals surface area contributed by atoms with Crippen molar-refractivity contribution in [2.75, 3.05) is 11.9 Å². The van der Waals surface area contributed by atoms with Gasteiger partial charge in [0.15, 0.2) is 0 Å². The number of fused-ring (bicyclic) bond motifs is 2. The van der Waals surface area contributed by atoms with E-state index < -0.39 is 11.5 Å². The van der Waals surface area contributed by atoms with Gasteiger partial charge in [-0.2, -0.15) is 5.10 Å². The maximum absolute atomic E-state index is 13.5. The minimum absolute atomic E-state index is 0.0641. The molecule has 2 atom stereocenters. The van der Waals surface area contributed by atoms with Gasteiger partial charge in [0.25, 0.3) is 5.91 Å². The van der Waals surface area contributed by atoms with Crippen molar-refractivity contribution in [3.05, 3.63) is 77.4 Å². The summed E-state index contributed by atoms with van der Waals surface area (Å²) in [6.45, 7) is 2.38. The molecule has 0 radical (unpaired) electrons. The SMILES string of the molecule is Cc1ccncc1C(=O)N1CC[C@]2(C(=O)Nc3ccccc32)[C@@H]1c1cnn(C)c1. The molecule has 7 nitrogen and oxygen atoms in total. The zero-order chi connectivity index (χ0) is 20.2. The number of aromatic nitrogens is 3. The van der Waals surface area contributed by atoms with E-state index in [4.69, 9.17) is 0 Å². The molecule has 7 heteroatoms. The quantitative estimate of drug-likeness (QED) is 0.733. The molecule has 0 bridgehead atoms. The third kappa shape index (κ3) is 2.43. The first-order chi connectivity index (χ1) is 14.0. The number of nitrogens with zero attached hydrogens (tertiary/aromatic N) is 4. The molecule has 0 aliphatic carbocycles. The largest absolute Gasteiger partial charge is 0.330 e. The highest BCUT2D eigenvalue weighted by Crippen LogP contribution is 2.54. The van der Waals surface area contributed by atoms with Gasteiger partial charge in [-0.15, -0.1) is 0 Å². The number of nitrogens with one attached hydrogen (secondary N) is 1. The number of aryl methyl sites for hydroxylation is 2. The molecule has 0 unspecified atom stereocenters. The van der Waals surface area contributed by atoms with Crippen molar-refractivity contribution < 1.29 is 9.59 Å². The molecule has 1 fully saturated rings. The number of anilines is 1. The van der Waals surface area contributed by atoms with E-state index in [2.05, 4.69) is 15.4 Å². The van der Waals surface area contributed by atoms with E-state index in [0.717, 1.165) is 22.4 Å². The van der Waals surface area contributed by atoms with E-state index in [9.17, 15) is 9.59 Å². The van der Waals surface area contributed by atoms with Gasteiger partial charge in [0, 0.05) is 43.4 Å².